The molecule has 68 valence electrons. The van der Waals surface area contributed by atoms with Crippen molar-refractivity contribution < 1.29 is 0 Å². The molecule has 1 unspecified atom stereocenters. The van der Waals surface area contributed by atoms with Crippen LogP contribution >= 0.6 is 0 Å². The summed E-state index contributed by atoms with van der Waals surface area (Å²) < 4.78 is 0. The van der Waals surface area contributed by atoms with Crippen LogP contribution in [0.15, 0.2) is 0 Å². The minimum absolute atomic E-state index is 0.272. The predicted octanol–water partition coefficient (Wildman–Crippen LogP) is 2.37. The van der Waals surface area contributed by atoms with Crippen molar-refractivity contribution in [2.45, 2.75) is 33.1 Å². The third kappa shape index (κ3) is 3.59. The normalized spacial score (nSPS) is 12.2. The molecule has 3 heteroatoms. The number of nitriles is 3. The van der Waals surface area contributed by atoms with Gasteiger partial charge in [0.05, 0.1) is 29.5 Å². The molecule has 1 atom stereocenters. The average molecular weight is 175 g/mol. The van der Waals surface area contributed by atoms with Crippen molar-refractivity contribution >= 4 is 0 Å². The fraction of sp³-hybridized carbons (Fsp3) is 0.700. The van der Waals surface area contributed by atoms with Crippen LogP contribution in [0.4, 0.5) is 0 Å². The number of hydrogen-bond donors (Lipinski definition) is 0. The molecule has 0 aliphatic carbocycles. The van der Waals surface area contributed by atoms with Gasteiger partial charge in [-0.3, -0.25) is 0 Å². The third-order valence-corrected chi connectivity index (χ3v) is 2.10. The minimum atomic E-state index is -0.607. The van der Waals surface area contributed by atoms with Crippen LogP contribution in [0.25, 0.3) is 0 Å². The lowest BCUT2D eigenvalue weighted by molar-refractivity contribution is 0.339. The van der Waals surface area contributed by atoms with E-state index in [1.54, 1.807) is 13.8 Å². The van der Waals surface area contributed by atoms with Gasteiger partial charge in [0.15, 0.2) is 0 Å². The van der Waals surface area contributed by atoms with E-state index in [9.17, 15) is 0 Å². The molecule has 0 heterocycles. The molecule has 0 amide bonds. The van der Waals surface area contributed by atoms with Crippen molar-refractivity contribution in [2.24, 2.45) is 11.3 Å². The van der Waals surface area contributed by atoms with Crippen LogP contribution < -0.4 is 0 Å². The Labute approximate surface area is 79.2 Å². The van der Waals surface area contributed by atoms with Gasteiger partial charge in [-0.15, -0.1) is 0 Å². The van der Waals surface area contributed by atoms with Crippen LogP contribution in [0.3, 0.4) is 0 Å². The lowest BCUT2D eigenvalue weighted by Gasteiger charge is -2.20. The van der Waals surface area contributed by atoms with Crippen molar-refractivity contribution in [3.63, 3.8) is 0 Å². The van der Waals surface area contributed by atoms with Gasteiger partial charge in [0.1, 0.15) is 0 Å². The van der Waals surface area contributed by atoms with E-state index in [1.807, 2.05) is 6.07 Å². The lowest BCUT2D eigenvalue weighted by Crippen LogP contribution is -2.20. The lowest BCUT2D eigenvalue weighted by atomic mass is 9.78. The van der Waals surface area contributed by atoms with Crippen LogP contribution in [0.2, 0.25) is 0 Å². The summed E-state index contributed by atoms with van der Waals surface area (Å²) in [5, 5.41) is 25.9. The summed E-state index contributed by atoms with van der Waals surface area (Å²) in [6, 6.07) is 6.26. The molecule has 0 saturated carbocycles. The molecule has 0 rings (SSSR count). The Morgan fingerprint density at radius 3 is 2.23 bits per heavy atom. The molecule has 0 aromatic heterocycles. The van der Waals surface area contributed by atoms with Gasteiger partial charge in [-0.1, -0.05) is 0 Å². The molecular formula is C10H13N3. The van der Waals surface area contributed by atoms with Gasteiger partial charge in [0.25, 0.3) is 0 Å². The van der Waals surface area contributed by atoms with E-state index in [-0.39, 0.29) is 5.92 Å². The Kier molecular flexibility index (Phi) is 4.57. The van der Waals surface area contributed by atoms with Gasteiger partial charge in [0, 0.05) is 6.42 Å². The van der Waals surface area contributed by atoms with Gasteiger partial charge < -0.3 is 0 Å². The van der Waals surface area contributed by atoms with E-state index in [2.05, 4.69) is 12.1 Å². The SMILES string of the molecule is CC(C)(C#N)C(C#N)CCCC#N. The molecule has 0 spiro atoms. The highest BCUT2D eigenvalue weighted by Gasteiger charge is 2.28. The molecule has 0 aromatic carbocycles. The molecule has 3 nitrogen and oxygen atoms in total. The number of unbranched alkanes of at least 4 members (excludes halogenated alkanes) is 1. The maximum atomic E-state index is 8.81. The zero-order valence-electron chi connectivity index (χ0n) is 8.04. The second-order valence-corrected chi connectivity index (χ2v) is 3.57. The molecule has 0 aliphatic heterocycles. The number of rotatable bonds is 4. The monoisotopic (exact) mass is 175 g/mol. The van der Waals surface area contributed by atoms with Crippen molar-refractivity contribution in [3.05, 3.63) is 0 Å². The quantitative estimate of drug-likeness (QED) is 0.616. The van der Waals surface area contributed by atoms with Crippen molar-refractivity contribution in [1.82, 2.24) is 0 Å². The highest BCUT2D eigenvalue weighted by atomic mass is 14.4. The van der Waals surface area contributed by atoms with E-state index < -0.39 is 5.41 Å². The van der Waals surface area contributed by atoms with E-state index in [0.29, 0.717) is 19.3 Å². The molecule has 0 fully saturated rings. The summed E-state index contributed by atoms with van der Waals surface area (Å²) in [5.41, 5.74) is -0.607. The standard InChI is InChI=1S/C10H13N3/c1-10(2,8-13)9(7-12)5-3-4-6-11/h9H,3-5H2,1-2H3. The zero-order valence-corrected chi connectivity index (χ0v) is 8.04. The van der Waals surface area contributed by atoms with Gasteiger partial charge >= 0.3 is 0 Å². The van der Waals surface area contributed by atoms with E-state index in [1.165, 1.54) is 0 Å². The first-order chi connectivity index (χ1) is 6.08. The molecule has 0 aliphatic rings. The van der Waals surface area contributed by atoms with Crippen LogP contribution in [0.1, 0.15) is 33.1 Å². The van der Waals surface area contributed by atoms with Crippen LogP contribution in [-0.4, -0.2) is 0 Å². The number of hydrogen-bond acceptors (Lipinski definition) is 3. The number of nitrogens with zero attached hydrogens (tertiary/aromatic N) is 3. The third-order valence-electron chi connectivity index (χ3n) is 2.10. The Bertz CT molecular complexity index is 272. The van der Waals surface area contributed by atoms with Gasteiger partial charge in [0.2, 0.25) is 0 Å². The summed E-state index contributed by atoms with van der Waals surface area (Å²) in [6.07, 6.45) is 1.78. The summed E-state index contributed by atoms with van der Waals surface area (Å²) in [7, 11) is 0. The Morgan fingerprint density at radius 1 is 1.23 bits per heavy atom. The van der Waals surface area contributed by atoms with Crippen LogP contribution in [0.5, 0.6) is 0 Å². The second kappa shape index (κ2) is 5.18. The molecule has 0 radical (unpaired) electrons. The van der Waals surface area contributed by atoms with Crippen molar-refractivity contribution in [3.8, 4) is 18.2 Å². The van der Waals surface area contributed by atoms with Crippen molar-refractivity contribution in [1.29, 1.82) is 15.8 Å². The predicted molar refractivity (Wildman–Crippen MR) is 48.0 cm³/mol. The molecule has 0 bridgehead atoms. The first kappa shape index (κ1) is 11.5. The zero-order chi connectivity index (χ0) is 10.3. The maximum Gasteiger partial charge on any atom is 0.0697 e. The smallest absolute Gasteiger partial charge is 0.0697 e. The van der Waals surface area contributed by atoms with Gasteiger partial charge in [-0.2, -0.15) is 15.8 Å². The Hall–Kier alpha value is -1.53. The maximum absolute atomic E-state index is 8.81. The van der Waals surface area contributed by atoms with Crippen molar-refractivity contribution in [2.75, 3.05) is 0 Å². The largest absolute Gasteiger partial charge is 0.198 e. The second-order valence-electron chi connectivity index (χ2n) is 3.57. The minimum Gasteiger partial charge on any atom is -0.198 e. The van der Waals surface area contributed by atoms with Crippen LogP contribution in [0, 0.1) is 45.3 Å². The molecule has 0 aromatic rings. The fourth-order valence-electron chi connectivity index (χ4n) is 1.05. The van der Waals surface area contributed by atoms with Crippen LogP contribution in [-0.2, 0) is 0 Å². The molecular weight excluding hydrogens is 162 g/mol. The van der Waals surface area contributed by atoms with Gasteiger partial charge in [-0.05, 0) is 26.7 Å². The molecule has 0 N–H and O–H groups in total. The Balaban J connectivity index is 4.17. The highest BCUT2D eigenvalue weighted by Crippen LogP contribution is 2.29. The fourth-order valence-corrected chi connectivity index (χ4v) is 1.05. The molecule has 13 heavy (non-hydrogen) atoms. The average Bonchev–Trinajstić information content (AvgIpc) is 2.12. The van der Waals surface area contributed by atoms with E-state index in [0.717, 1.165) is 0 Å². The molecule has 0 saturated heterocycles. The highest BCUT2D eigenvalue weighted by molar-refractivity contribution is 5.04. The van der Waals surface area contributed by atoms with E-state index in [4.69, 9.17) is 15.8 Å². The summed E-state index contributed by atoms with van der Waals surface area (Å²) in [6.45, 7) is 3.51. The first-order valence-electron chi connectivity index (χ1n) is 4.26. The summed E-state index contributed by atoms with van der Waals surface area (Å²) in [5.74, 6) is -0.272. The summed E-state index contributed by atoms with van der Waals surface area (Å²) >= 11 is 0. The van der Waals surface area contributed by atoms with E-state index >= 15 is 0 Å². The first-order valence-corrected chi connectivity index (χ1v) is 4.26. The van der Waals surface area contributed by atoms with Gasteiger partial charge in [-0.25, -0.2) is 0 Å². The summed E-state index contributed by atoms with van der Waals surface area (Å²) in [4.78, 5) is 0. The Morgan fingerprint density at radius 2 is 1.85 bits per heavy atom. The topological polar surface area (TPSA) is 71.4 Å².